The molecule has 0 atom stereocenters. The molecule has 0 saturated heterocycles. The number of nitrogens with zero attached hydrogens (tertiary/aromatic N) is 1. The maximum atomic E-state index is 12.5. The third-order valence-corrected chi connectivity index (χ3v) is 4.96. The Hall–Kier alpha value is -1.76. The van der Waals surface area contributed by atoms with Crippen LogP contribution >= 0.6 is 22.6 Å². The predicted molar refractivity (Wildman–Crippen MR) is 99.3 cm³/mol. The van der Waals surface area contributed by atoms with Gasteiger partial charge in [0.15, 0.2) is 0 Å². The van der Waals surface area contributed by atoms with E-state index in [4.69, 9.17) is 9.47 Å². The molecule has 2 aromatic carbocycles. The Morgan fingerprint density at radius 3 is 2.43 bits per heavy atom. The molecule has 0 aromatic heterocycles. The van der Waals surface area contributed by atoms with Crippen LogP contribution < -0.4 is 9.47 Å². The lowest BCUT2D eigenvalue weighted by atomic mass is 10.1. The fourth-order valence-corrected chi connectivity index (χ4v) is 2.68. The Bertz CT molecular complexity index is 670. The molecule has 0 N–H and O–H groups in total. The first-order valence-corrected chi connectivity index (χ1v) is 8.38. The molecule has 0 fully saturated rings. The van der Waals surface area contributed by atoms with Gasteiger partial charge in [-0.05, 0) is 65.4 Å². The third kappa shape index (κ3) is 4.60. The first kappa shape index (κ1) is 17.6. The summed E-state index contributed by atoms with van der Waals surface area (Å²) in [4.78, 5) is 14.2. The van der Waals surface area contributed by atoms with Gasteiger partial charge < -0.3 is 14.4 Å². The van der Waals surface area contributed by atoms with Crippen molar-refractivity contribution in [2.75, 3.05) is 27.3 Å². The van der Waals surface area contributed by atoms with E-state index in [-0.39, 0.29) is 5.91 Å². The van der Waals surface area contributed by atoms with E-state index < -0.39 is 0 Å². The predicted octanol–water partition coefficient (Wildman–Crippen LogP) is 3.76. The van der Waals surface area contributed by atoms with Gasteiger partial charge in [0.1, 0.15) is 18.1 Å². The van der Waals surface area contributed by atoms with Crippen LogP contribution in [0.4, 0.5) is 0 Å². The Morgan fingerprint density at radius 2 is 1.78 bits per heavy atom. The van der Waals surface area contributed by atoms with E-state index in [9.17, 15) is 4.79 Å². The lowest BCUT2D eigenvalue weighted by molar-refractivity contribution is 0.0772. The van der Waals surface area contributed by atoms with Crippen LogP contribution in [0, 0.1) is 10.5 Å². The lowest BCUT2D eigenvalue weighted by Crippen LogP contribution is -2.31. The number of hydrogen-bond donors (Lipinski definition) is 0. The second-order valence-electron chi connectivity index (χ2n) is 5.19. The van der Waals surface area contributed by atoms with E-state index in [1.807, 2.05) is 49.4 Å². The summed E-state index contributed by atoms with van der Waals surface area (Å²) in [5.74, 6) is 1.56. The van der Waals surface area contributed by atoms with Gasteiger partial charge in [0.2, 0.25) is 0 Å². The second kappa shape index (κ2) is 8.19. The summed E-state index contributed by atoms with van der Waals surface area (Å²) < 4.78 is 11.8. The Balaban J connectivity index is 1.89. The van der Waals surface area contributed by atoms with Crippen molar-refractivity contribution in [1.29, 1.82) is 0 Å². The van der Waals surface area contributed by atoms with Gasteiger partial charge >= 0.3 is 0 Å². The van der Waals surface area contributed by atoms with Crippen molar-refractivity contribution in [3.05, 3.63) is 57.2 Å². The maximum Gasteiger partial charge on any atom is 0.254 e. The van der Waals surface area contributed by atoms with E-state index in [0.717, 1.165) is 26.2 Å². The number of carbonyl (C=O) groups excluding carboxylic acids is 1. The highest BCUT2D eigenvalue weighted by Crippen LogP contribution is 2.19. The van der Waals surface area contributed by atoms with Crippen LogP contribution in [-0.2, 0) is 0 Å². The Labute approximate surface area is 150 Å². The summed E-state index contributed by atoms with van der Waals surface area (Å²) >= 11 is 2.22. The number of methoxy groups -OCH3 is 1. The smallest absolute Gasteiger partial charge is 0.254 e. The van der Waals surface area contributed by atoms with Gasteiger partial charge in [0.05, 0.1) is 19.2 Å². The summed E-state index contributed by atoms with van der Waals surface area (Å²) in [5, 5.41) is 0. The summed E-state index contributed by atoms with van der Waals surface area (Å²) in [5.41, 5.74) is 1.84. The van der Waals surface area contributed by atoms with Crippen molar-refractivity contribution >= 4 is 28.5 Å². The van der Waals surface area contributed by atoms with Gasteiger partial charge in [-0.15, -0.1) is 0 Å². The average Bonchev–Trinajstić information content (AvgIpc) is 2.57. The number of amides is 1. The highest BCUT2D eigenvalue weighted by molar-refractivity contribution is 14.1. The van der Waals surface area contributed by atoms with Crippen LogP contribution in [0.3, 0.4) is 0 Å². The molecular formula is C18H20INO3. The summed E-state index contributed by atoms with van der Waals surface area (Å²) in [7, 11) is 3.42. The molecule has 1 amide bonds. The standard InChI is InChI=1S/C18H20INO3/c1-13-5-4-6-16(17(13)19)18(21)20(2)11-12-23-15-9-7-14(22-3)8-10-15/h4-10H,11-12H2,1-3H3. The van der Waals surface area contributed by atoms with E-state index in [1.165, 1.54) is 0 Å². The molecule has 5 heteroatoms. The van der Waals surface area contributed by atoms with Crippen LogP contribution in [0.2, 0.25) is 0 Å². The van der Waals surface area contributed by atoms with Crippen molar-refractivity contribution in [3.8, 4) is 11.5 Å². The monoisotopic (exact) mass is 425 g/mol. The second-order valence-corrected chi connectivity index (χ2v) is 6.27. The Morgan fingerprint density at radius 1 is 1.13 bits per heavy atom. The van der Waals surface area contributed by atoms with Gasteiger partial charge in [0, 0.05) is 10.6 Å². The lowest BCUT2D eigenvalue weighted by Gasteiger charge is -2.19. The molecule has 0 heterocycles. The number of rotatable bonds is 6. The number of hydrogen-bond acceptors (Lipinski definition) is 3. The molecule has 122 valence electrons. The topological polar surface area (TPSA) is 38.8 Å². The van der Waals surface area contributed by atoms with Crippen molar-refractivity contribution in [2.45, 2.75) is 6.92 Å². The fraction of sp³-hybridized carbons (Fsp3) is 0.278. The zero-order chi connectivity index (χ0) is 16.8. The number of halogens is 1. The van der Waals surface area contributed by atoms with Crippen molar-refractivity contribution in [1.82, 2.24) is 4.90 Å². The molecule has 0 radical (unpaired) electrons. The first-order valence-electron chi connectivity index (χ1n) is 7.30. The first-order chi connectivity index (χ1) is 11.0. The molecule has 0 aliphatic carbocycles. The minimum Gasteiger partial charge on any atom is -0.497 e. The maximum absolute atomic E-state index is 12.5. The molecule has 0 aliphatic rings. The molecule has 0 aliphatic heterocycles. The van der Waals surface area contributed by atoms with E-state index in [0.29, 0.717) is 13.2 Å². The van der Waals surface area contributed by atoms with Crippen molar-refractivity contribution in [2.24, 2.45) is 0 Å². The minimum absolute atomic E-state index is 0.0106. The molecule has 2 aromatic rings. The van der Waals surface area contributed by atoms with E-state index >= 15 is 0 Å². The van der Waals surface area contributed by atoms with Crippen molar-refractivity contribution in [3.63, 3.8) is 0 Å². The molecule has 0 spiro atoms. The summed E-state index contributed by atoms with van der Waals surface area (Å²) in [6.45, 7) is 2.97. The zero-order valence-electron chi connectivity index (χ0n) is 13.5. The van der Waals surface area contributed by atoms with Crippen LogP contribution in [0.15, 0.2) is 42.5 Å². The van der Waals surface area contributed by atoms with Crippen LogP contribution in [0.1, 0.15) is 15.9 Å². The van der Waals surface area contributed by atoms with Gasteiger partial charge in [-0.2, -0.15) is 0 Å². The van der Waals surface area contributed by atoms with Gasteiger partial charge in [-0.25, -0.2) is 0 Å². The molecule has 0 unspecified atom stereocenters. The minimum atomic E-state index is 0.0106. The van der Waals surface area contributed by atoms with Crippen molar-refractivity contribution < 1.29 is 14.3 Å². The molecule has 0 bridgehead atoms. The van der Waals surface area contributed by atoms with E-state index in [2.05, 4.69) is 22.6 Å². The molecule has 2 rings (SSSR count). The Kier molecular flexibility index (Phi) is 6.27. The highest BCUT2D eigenvalue weighted by Gasteiger charge is 2.15. The fourth-order valence-electron chi connectivity index (χ4n) is 2.09. The molecular weight excluding hydrogens is 405 g/mol. The van der Waals surface area contributed by atoms with Crippen LogP contribution in [0.25, 0.3) is 0 Å². The zero-order valence-corrected chi connectivity index (χ0v) is 15.7. The number of likely N-dealkylation sites (N-methyl/N-ethyl adjacent to an activating group) is 1. The molecule has 0 saturated carbocycles. The quantitative estimate of drug-likeness (QED) is 0.662. The molecule has 23 heavy (non-hydrogen) atoms. The van der Waals surface area contributed by atoms with Crippen LogP contribution in [-0.4, -0.2) is 38.1 Å². The number of aryl methyl sites for hydroxylation is 1. The van der Waals surface area contributed by atoms with Crippen LogP contribution in [0.5, 0.6) is 11.5 Å². The number of ether oxygens (including phenoxy) is 2. The number of benzene rings is 2. The largest absolute Gasteiger partial charge is 0.497 e. The van der Waals surface area contributed by atoms with Gasteiger partial charge in [-0.1, -0.05) is 12.1 Å². The average molecular weight is 425 g/mol. The summed E-state index contributed by atoms with van der Waals surface area (Å²) in [6, 6.07) is 13.2. The highest BCUT2D eigenvalue weighted by atomic mass is 127. The summed E-state index contributed by atoms with van der Waals surface area (Å²) in [6.07, 6.45) is 0. The van der Waals surface area contributed by atoms with E-state index in [1.54, 1.807) is 19.1 Å². The number of carbonyl (C=O) groups is 1. The molecule has 4 nitrogen and oxygen atoms in total. The van der Waals surface area contributed by atoms with Gasteiger partial charge in [-0.3, -0.25) is 4.79 Å². The third-order valence-electron chi connectivity index (χ3n) is 3.52. The van der Waals surface area contributed by atoms with Gasteiger partial charge in [0.25, 0.3) is 5.91 Å². The SMILES string of the molecule is COc1ccc(OCCN(C)C(=O)c2cccc(C)c2I)cc1. The normalized spacial score (nSPS) is 10.3.